The Morgan fingerprint density at radius 1 is 1.53 bits per heavy atom. The van der Waals surface area contributed by atoms with Crippen LogP contribution in [0, 0.1) is 13.8 Å². The fraction of sp³-hybridized carbons (Fsp3) is 0.333. The van der Waals surface area contributed by atoms with Gasteiger partial charge in [0.2, 0.25) is 5.95 Å². The standard InChI is InChI=1S/C12H16N4S/c1-4-5-16-8-9(2)15-12(16)14-7-11-6-13-10(3)17-11/h4,6,8H,1,5,7H2,2-3H3,(H,14,15). The minimum absolute atomic E-state index is 0.763. The van der Waals surface area contributed by atoms with Crippen LogP contribution >= 0.6 is 11.3 Å². The third-order valence-corrected chi connectivity index (χ3v) is 3.23. The van der Waals surface area contributed by atoms with Gasteiger partial charge in [0.1, 0.15) is 0 Å². The minimum atomic E-state index is 0.763. The highest BCUT2D eigenvalue weighted by molar-refractivity contribution is 7.11. The third-order valence-electron chi connectivity index (χ3n) is 2.31. The van der Waals surface area contributed by atoms with E-state index in [-0.39, 0.29) is 0 Å². The molecule has 0 aliphatic rings. The van der Waals surface area contributed by atoms with Crippen LogP contribution in [0.1, 0.15) is 15.6 Å². The molecule has 2 aromatic heterocycles. The first kappa shape index (κ1) is 11.9. The predicted molar refractivity (Wildman–Crippen MR) is 71.3 cm³/mol. The van der Waals surface area contributed by atoms with Crippen LogP contribution in [0.2, 0.25) is 0 Å². The normalized spacial score (nSPS) is 10.5. The molecule has 0 bridgehead atoms. The van der Waals surface area contributed by atoms with Gasteiger partial charge in [0.05, 0.1) is 17.2 Å². The Hall–Kier alpha value is -1.62. The summed E-state index contributed by atoms with van der Waals surface area (Å²) in [5.74, 6) is 0.883. The van der Waals surface area contributed by atoms with Crippen molar-refractivity contribution in [2.75, 3.05) is 5.32 Å². The van der Waals surface area contributed by atoms with Gasteiger partial charge in [0.15, 0.2) is 0 Å². The van der Waals surface area contributed by atoms with Gasteiger partial charge >= 0.3 is 0 Å². The molecule has 0 spiro atoms. The molecular formula is C12H16N4S. The second kappa shape index (κ2) is 5.14. The summed E-state index contributed by atoms with van der Waals surface area (Å²) in [5.41, 5.74) is 1.01. The maximum Gasteiger partial charge on any atom is 0.203 e. The van der Waals surface area contributed by atoms with Crippen molar-refractivity contribution in [1.82, 2.24) is 14.5 Å². The molecule has 0 unspecified atom stereocenters. The van der Waals surface area contributed by atoms with Crippen LogP contribution < -0.4 is 5.32 Å². The average Bonchev–Trinajstić information content (AvgIpc) is 2.83. The lowest BCUT2D eigenvalue weighted by Gasteiger charge is -2.06. The van der Waals surface area contributed by atoms with Crippen molar-refractivity contribution in [3.05, 3.63) is 40.6 Å². The van der Waals surface area contributed by atoms with Gasteiger partial charge in [-0.2, -0.15) is 0 Å². The van der Waals surface area contributed by atoms with Crippen LogP contribution in [0.3, 0.4) is 0 Å². The Labute approximate surface area is 105 Å². The van der Waals surface area contributed by atoms with Crippen molar-refractivity contribution in [2.24, 2.45) is 0 Å². The summed E-state index contributed by atoms with van der Waals surface area (Å²) >= 11 is 1.70. The van der Waals surface area contributed by atoms with E-state index < -0.39 is 0 Å². The molecule has 2 heterocycles. The number of anilines is 1. The molecule has 0 radical (unpaired) electrons. The third kappa shape index (κ3) is 2.94. The van der Waals surface area contributed by atoms with Gasteiger partial charge in [-0.3, -0.25) is 0 Å². The molecule has 0 fully saturated rings. The highest BCUT2D eigenvalue weighted by Crippen LogP contribution is 2.14. The molecule has 17 heavy (non-hydrogen) atoms. The van der Waals surface area contributed by atoms with Crippen molar-refractivity contribution in [3.63, 3.8) is 0 Å². The van der Waals surface area contributed by atoms with Crippen LogP contribution in [-0.4, -0.2) is 14.5 Å². The lowest BCUT2D eigenvalue weighted by molar-refractivity contribution is 0.820. The average molecular weight is 248 g/mol. The number of hydrogen-bond donors (Lipinski definition) is 1. The van der Waals surface area contributed by atoms with Crippen molar-refractivity contribution >= 4 is 17.3 Å². The molecule has 5 heteroatoms. The summed E-state index contributed by atoms with van der Waals surface area (Å²) in [6.45, 7) is 9.27. The van der Waals surface area contributed by atoms with Crippen LogP contribution in [0.15, 0.2) is 25.0 Å². The van der Waals surface area contributed by atoms with Crippen molar-refractivity contribution in [2.45, 2.75) is 26.9 Å². The topological polar surface area (TPSA) is 42.7 Å². The Morgan fingerprint density at radius 3 is 3.00 bits per heavy atom. The van der Waals surface area contributed by atoms with Gasteiger partial charge in [-0.15, -0.1) is 17.9 Å². The van der Waals surface area contributed by atoms with Crippen LogP contribution in [-0.2, 0) is 13.1 Å². The van der Waals surface area contributed by atoms with Crippen LogP contribution in [0.25, 0.3) is 0 Å². The van der Waals surface area contributed by atoms with Crippen molar-refractivity contribution in [1.29, 1.82) is 0 Å². The van der Waals surface area contributed by atoms with E-state index in [1.54, 1.807) is 11.3 Å². The Kier molecular flexibility index (Phi) is 3.58. The van der Waals surface area contributed by atoms with Crippen LogP contribution in [0.5, 0.6) is 0 Å². The summed E-state index contributed by atoms with van der Waals surface area (Å²) < 4.78 is 2.05. The highest BCUT2D eigenvalue weighted by Gasteiger charge is 2.05. The minimum Gasteiger partial charge on any atom is -0.351 e. The Balaban J connectivity index is 2.05. The molecular weight excluding hydrogens is 232 g/mol. The number of hydrogen-bond acceptors (Lipinski definition) is 4. The number of aryl methyl sites for hydroxylation is 2. The molecule has 90 valence electrons. The maximum atomic E-state index is 4.44. The molecule has 0 aliphatic carbocycles. The van der Waals surface area contributed by atoms with E-state index >= 15 is 0 Å². The Morgan fingerprint density at radius 2 is 2.35 bits per heavy atom. The molecule has 0 atom stereocenters. The van der Waals surface area contributed by atoms with Gasteiger partial charge in [0.25, 0.3) is 0 Å². The van der Waals surface area contributed by atoms with Gasteiger partial charge in [-0.1, -0.05) is 6.08 Å². The molecule has 0 saturated heterocycles. The molecule has 0 saturated carbocycles. The van der Waals surface area contributed by atoms with E-state index in [4.69, 9.17) is 0 Å². The van der Waals surface area contributed by atoms with E-state index in [9.17, 15) is 0 Å². The van der Waals surface area contributed by atoms with Gasteiger partial charge < -0.3 is 9.88 Å². The predicted octanol–water partition coefficient (Wildman–Crippen LogP) is 2.75. The quantitative estimate of drug-likeness (QED) is 0.827. The van der Waals surface area contributed by atoms with Gasteiger partial charge in [-0.05, 0) is 13.8 Å². The van der Waals surface area contributed by atoms with Gasteiger partial charge in [0, 0.05) is 23.8 Å². The zero-order valence-corrected chi connectivity index (χ0v) is 10.9. The molecule has 0 aromatic carbocycles. The first-order valence-electron chi connectivity index (χ1n) is 5.49. The molecule has 1 N–H and O–H groups in total. The monoisotopic (exact) mass is 248 g/mol. The first-order chi connectivity index (χ1) is 8.19. The number of nitrogens with one attached hydrogen (secondary N) is 1. The lowest BCUT2D eigenvalue weighted by Crippen LogP contribution is -2.05. The second-order valence-corrected chi connectivity index (χ2v) is 5.17. The van der Waals surface area contributed by atoms with Crippen molar-refractivity contribution in [3.8, 4) is 0 Å². The van der Waals surface area contributed by atoms with E-state index in [1.807, 2.05) is 32.3 Å². The summed E-state index contributed by atoms with van der Waals surface area (Å²) in [6.07, 6.45) is 5.78. The molecule has 2 rings (SSSR count). The molecule has 2 aromatic rings. The SMILES string of the molecule is C=CCn1cc(C)nc1NCc1cnc(C)s1. The largest absolute Gasteiger partial charge is 0.351 e. The summed E-state index contributed by atoms with van der Waals surface area (Å²) in [6, 6.07) is 0. The molecule has 0 aliphatic heterocycles. The smallest absolute Gasteiger partial charge is 0.203 e. The zero-order chi connectivity index (χ0) is 12.3. The number of imidazole rings is 1. The summed E-state index contributed by atoms with van der Waals surface area (Å²) in [4.78, 5) is 9.88. The molecule has 0 amide bonds. The molecule has 4 nitrogen and oxygen atoms in total. The lowest BCUT2D eigenvalue weighted by atomic mass is 10.5. The summed E-state index contributed by atoms with van der Waals surface area (Å²) in [7, 11) is 0. The number of nitrogens with zero attached hydrogens (tertiary/aromatic N) is 3. The fourth-order valence-electron chi connectivity index (χ4n) is 1.62. The Bertz CT molecular complexity index is 512. The number of allylic oxidation sites excluding steroid dienone is 1. The van der Waals surface area contributed by atoms with E-state index in [0.29, 0.717) is 0 Å². The van der Waals surface area contributed by atoms with E-state index in [2.05, 4.69) is 26.4 Å². The number of aromatic nitrogens is 3. The first-order valence-corrected chi connectivity index (χ1v) is 6.30. The number of thiazole rings is 1. The van der Waals surface area contributed by atoms with Gasteiger partial charge in [-0.25, -0.2) is 9.97 Å². The second-order valence-electron chi connectivity index (χ2n) is 3.85. The van der Waals surface area contributed by atoms with Crippen LogP contribution in [0.4, 0.5) is 5.95 Å². The maximum absolute atomic E-state index is 4.44. The zero-order valence-electron chi connectivity index (χ0n) is 10.1. The van der Waals surface area contributed by atoms with E-state index in [0.717, 1.165) is 29.7 Å². The summed E-state index contributed by atoms with van der Waals surface area (Å²) in [5, 5.41) is 4.41. The fourth-order valence-corrected chi connectivity index (χ4v) is 2.35. The highest BCUT2D eigenvalue weighted by atomic mass is 32.1. The van der Waals surface area contributed by atoms with E-state index in [1.165, 1.54) is 4.88 Å². The van der Waals surface area contributed by atoms with Crippen molar-refractivity contribution < 1.29 is 0 Å². The number of rotatable bonds is 5.